The molecule has 1 aromatic carbocycles. The molecule has 0 aromatic heterocycles. The third-order valence-electron chi connectivity index (χ3n) is 4.62. The van der Waals surface area contributed by atoms with Crippen LogP contribution in [0.2, 0.25) is 0 Å². The molecule has 2 aliphatic rings. The van der Waals surface area contributed by atoms with Crippen molar-refractivity contribution < 1.29 is 15.1 Å². The molecule has 0 spiro atoms. The molecule has 3 rings (SSSR count). The van der Waals surface area contributed by atoms with Crippen molar-refractivity contribution in [2.45, 2.75) is 18.9 Å². The van der Waals surface area contributed by atoms with Gasteiger partial charge in [0.1, 0.15) is 0 Å². The van der Waals surface area contributed by atoms with E-state index < -0.39 is 0 Å². The second-order valence-electron chi connectivity index (χ2n) is 5.84. The first-order chi connectivity index (χ1) is 10.1. The maximum atomic E-state index is 12.5. The van der Waals surface area contributed by atoms with E-state index in [1.54, 1.807) is 29.2 Å². The van der Waals surface area contributed by atoms with Crippen molar-refractivity contribution in [2.24, 2.45) is 22.7 Å². The minimum atomic E-state index is -0.281. The van der Waals surface area contributed by atoms with Gasteiger partial charge in [0.15, 0.2) is 5.84 Å². The number of rotatable bonds is 2. The Labute approximate surface area is 122 Å². The predicted octanol–water partition coefficient (Wildman–Crippen LogP) is 0.624. The van der Waals surface area contributed by atoms with Crippen molar-refractivity contribution >= 4 is 11.7 Å². The van der Waals surface area contributed by atoms with E-state index in [-0.39, 0.29) is 23.8 Å². The number of amides is 1. The topological polar surface area (TPSA) is 99.2 Å². The van der Waals surface area contributed by atoms with Crippen molar-refractivity contribution in [3.8, 4) is 0 Å². The molecule has 1 aliphatic heterocycles. The zero-order valence-corrected chi connectivity index (χ0v) is 11.6. The van der Waals surface area contributed by atoms with Crippen LogP contribution in [-0.2, 0) is 0 Å². The maximum absolute atomic E-state index is 12.5. The van der Waals surface area contributed by atoms with E-state index in [2.05, 4.69) is 5.16 Å². The average Bonchev–Trinajstić information content (AvgIpc) is 3.08. The number of hydrogen-bond donors (Lipinski definition) is 3. The van der Waals surface area contributed by atoms with E-state index in [9.17, 15) is 9.90 Å². The van der Waals surface area contributed by atoms with Crippen LogP contribution in [0.3, 0.4) is 0 Å². The van der Waals surface area contributed by atoms with Gasteiger partial charge in [0.2, 0.25) is 0 Å². The zero-order chi connectivity index (χ0) is 15.0. The summed E-state index contributed by atoms with van der Waals surface area (Å²) in [7, 11) is 0. The number of oxime groups is 1. The Morgan fingerprint density at radius 1 is 1.29 bits per heavy atom. The van der Waals surface area contributed by atoms with E-state index in [0.717, 1.165) is 12.8 Å². The van der Waals surface area contributed by atoms with Gasteiger partial charge in [-0.25, -0.2) is 0 Å². The van der Waals surface area contributed by atoms with E-state index in [0.29, 0.717) is 30.1 Å². The van der Waals surface area contributed by atoms with Crippen LogP contribution in [0.15, 0.2) is 29.4 Å². The molecule has 3 atom stereocenters. The van der Waals surface area contributed by atoms with Crippen LogP contribution in [0.5, 0.6) is 0 Å². The number of nitrogens with zero attached hydrogens (tertiary/aromatic N) is 2. The standard InChI is InChI=1S/C15H19N3O3/c16-14(17-21)9-2-1-3-10(6-9)15(20)18-7-11-4-5-13(19)12(11)8-18/h1-3,6,11-13,19,21H,4-5,7-8H2,(H2,16,17). The van der Waals surface area contributed by atoms with Crippen LogP contribution in [-0.4, -0.2) is 46.1 Å². The fourth-order valence-corrected chi connectivity index (χ4v) is 3.45. The number of carbonyl (C=O) groups is 1. The lowest BCUT2D eigenvalue weighted by Crippen LogP contribution is -2.31. The summed E-state index contributed by atoms with van der Waals surface area (Å²) in [6.45, 7) is 1.31. The SMILES string of the molecule is N/C(=N/O)c1cccc(C(=O)N2CC3CCC(O)C3C2)c1. The molecule has 4 N–H and O–H groups in total. The number of nitrogens with two attached hydrogens (primary N) is 1. The van der Waals surface area contributed by atoms with E-state index in [1.807, 2.05) is 0 Å². The third-order valence-corrected chi connectivity index (χ3v) is 4.62. The summed E-state index contributed by atoms with van der Waals surface area (Å²) >= 11 is 0. The largest absolute Gasteiger partial charge is 0.409 e. The van der Waals surface area contributed by atoms with Gasteiger partial charge in [-0.3, -0.25) is 4.79 Å². The number of amidine groups is 1. The molecule has 1 saturated carbocycles. The molecule has 112 valence electrons. The predicted molar refractivity (Wildman–Crippen MR) is 77.1 cm³/mol. The molecule has 6 heteroatoms. The summed E-state index contributed by atoms with van der Waals surface area (Å²) < 4.78 is 0. The lowest BCUT2D eigenvalue weighted by Gasteiger charge is -2.18. The molecule has 0 radical (unpaired) electrons. The molecule has 1 aromatic rings. The summed E-state index contributed by atoms with van der Waals surface area (Å²) in [5, 5.41) is 21.6. The van der Waals surface area contributed by atoms with Gasteiger partial charge in [0.05, 0.1) is 6.10 Å². The highest BCUT2D eigenvalue weighted by atomic mass is 16.4. The first-order valence-corrected chi connectivity index (χ1v) is 7.15. The second-order valence-corrected chi connectivity index (χ2v) is 5.84. The summed E-state index contributed by atoms with van der Waals surface area (Å²) in [4.78, 5) is 14.3. The van der Waals surface area contributed by atoms with Gasteiger partial charge in [0, 0.05) is 30.1 Å². The number of aliphatic hydroxyl groups is 1. The Morgan fingerprint density at radius 3 is 2.76 bits per heavy atom. The van der Waals surface area contributed by atoms with E-state index >= 15 is 0 Å². The van der Waals surface area contributed by atoms with Gasteiger partial charge in [-0.15, -0.1) is 0 Å². The normalized spacial score (nSPS) is 28.7. The van der Waals surface area contributed by atoms with E-state index in [4.69, 9.17) is 10.9 Å². The Balaban J connectivity index is 1.77. The van der Waals surface area contributed by atoms with Crippen LogP contribution < -0.4 is 5.73 Å². The van der Waals surface area contributed by atoms with Gasteiger partial charge >= 0.3 is 0 Å². The third kappa shape index (κ3) is 2.47. The minimum absolute atomic E-state index is 0.0154. The van der Waals surface area contributed by atoms with Crippen molar-refractivity contribution in [3.63, 3.8) is 0 Å². The number of fused-ring (bicyclic) bond motifs is 1. The van der Waals surface area contributed by atoms with Crippen molar-refractivity contribution in [1.82, 2.24) is 4.90 Å². The van der Waals surface area contributed by atoms with Crippen LogP contribution in [0.25, 0.3) is 0 Å². The molecule has 6 nitrogen and oxygen atoms in total. The molecule has 1 aliphatic carbocycles. The molecule has 1 saturated heterocycles. The van der Waals surface area contributed by atoms with Gasteiger partial charge in [-0.2, -0.15) is 0 Å². The zero-order valence-electron chi connectivity index (χ0n) is 11.6. The Kier molecular flexibility index (Phi) is 3.55. The van der Waals surface area contributed by atoms with Gasteiger partial charge in [-0.05, 0) is 30.9 Å². The molecule has 1 amide bonds. The van der Waals surface area contributed by atoms with Crippen molar-refractivity contribution in [2.75, 3.05) is 13.1 Å². The van der Waals surface area contributed by atoms with Crippen LogP contribution in [0.1, 0.15) is 28.8 Å². The number of hydrogen-bond acceptors (Lipinski definition) is 4. The minimum Gasteiger partial charge on any atom is -0.409 e. The summed E-state index contributed by atoms with van der Waals surface area (Å²) in [6.07, 6.45) is 1.55. The highest BCUT2D eigenvalue weighted by Gasteiger charge is 2.43. The highest BCUT2D eigenvalue weighted by Crippen LogP contribution is 2.38. The molecule has 2 fully saturated rings. The number of carbonyl (C=O) groups excluding carboxylic acids is 1. The first kappa shape index (κ1) is 13.9. The van der Waals surface area contributed by atoms with Gasteiger partial charge in [0.25, 0.3) is 5.91 Å². The highest BCUT2D eigenvalue weighted by molar-refractivity contribution is 6.01. The lowest BCUT2D eigenvalue weighted by molar-refractivity contribution is 0.0752. The maximum Gasteiger partial charge on any atom is 0.253 e. The first-order valence-electron chi connectivity index (χ1n) is 7.15. The Bertz CT molecular complexity index is 587. The van der Waals surface area contributed by atoms with Crippen molar-refractivity contribution in [3.05, 3.63) is 35.4 Å². The second kappa shape index (κ2) is 5.37. The number of benzene rings is 1. The van der Waals surface area contributed by atoms with E-state index in [1.165, 1.54) is 0 Å². The summed E-state index contributed by atoms with van der Waals surface area (Å²) in [5.74, 6) is 0.542. The number of aliphatic hydroxyl groups excluding tert-OH is 1. The molecule has 0 bridgehead atoms. The quantitative estimate of drug-likeness (QED) is 0.322. The Morgan fingerprint density at radius 2 is 2.05 bits per heavy atom. The average molecular weight is 289 g/mol. The molecular weight excluding hydrogens is 270 g/mol. The Hall–Kier alpha value is -2.08. The number of likely N-dealkylation sites (tertiary alicyclic amines) is 1. The van der Waals surface area contributed by atoms with Crippen molar-refractivity contribution in [1.29, 1.82) is 0 Å². The van der Waals surface area contributed by atoms with Gasteiger partial charge in [-0.1, -0.05) is 17.3 Å². The molecular formula is C15H19N3O3. The lowest BCUT2D eigenvalue weighted by atomic mass is 10.00. The fraction of sp³-hybridized carbons (Fsp3) is 0.467. The summed E-state index contributed by atoms with van der Waals surface area (Å²) in [6, 6.07) is 6.75. The fourth-order valence-electron chi connectivity index (χ4n) is 3.45. The molecule has 1 heterocycles. The molecule has 3 unspecified atom stereocenters. The van der Waals surface area contributed by atoms with Crippen LogP contribution in [0.4, 0.5) is 0 Å². The molecule has 21 heavy (non-hydrogen) atoms. The van der Waals surface area contributed by atoms with Crippen LogP contribution >= 0.6 is 0 Å². The van der Waals surface area contributed by atoms with Crippen LogP contribution in [0, 0.1) is 11.8 Å². The van der Waals surface area contributed by atoms with Gasteiger partial charge < -0.3 is 20.9 Å². The smallest absolute Gasteiger partial charge is 0.253 e. The summed E-state index contributed by atoms with van der Waals surface area (Å²) in [5.41, 5.74) is 6.59. The monoisotopic (exact) mass is 289 g/mol.